The Hall–Kier alpha value is -3.65. The molecule has 0 radical (unpaired) electrons. The highest BCUT2D eigenvalue weighted by Gasteiger charge is 2.15. The number of methoxy groups -OCH3 is 1. The fraction of sp³-hybridized carbons (Fsp3) is 0.208. The molecule has 7 nitrogen and oxygen atoms in total. The molecule has 0 aliphatic rings. The van der Waals surface area contributed by atoms with Crippen molar-refractivity contribution in [3.63, 3.8) is 0 Å². The molecule has 8 heteroatoms. The number of carbonyl (C=O) groups is 1. The number of nitrogens with zero attached hydrogens (tertiary/aromatic N) is 3. The molecule has 32 heavy (non-hydrogen) atoms. The Kier molecular flexibility index (Phi) is 6.51. The molecule has 164 valence electrons. The van der Waals surface area contributed by atoms with Gasteiger partial charge in [0.1, 0.15) is 17.3 Å². The number of rotatable bonds is 8. The predicted molar refractivity (Wildman–Crippen MR) is 126 cm³/mol. The normalized spacial score (nSPS) is 10.7. The summed E-state index contributed by atoms with van der Waals surface area (Å²) in [5, 5.41) is 10.1. The van der Waals surface area contributed by atoms with Crippen LogP contribution in [0.5, 0.6) is 11.5 Å². The summed E-state index contributed by atoms with van der Waals surface area (Å²) in [6.07, 6.45) is 0.253. The second kappa shape index (κ2) is 9.65. The van der Waals surface area contributed by atoms with Gasteiger partial charge in [0.05, 0.1) is 31.5 Å². The highest BCUT2D eigenvalue weighted by atomic mass is 32.1. The minimum Gasteiger partial charge on any atom is -0.497 e. The van der Waals surface area contributed by atoms with Gasteiger partial charge in [-0.25, -0.2) is 4.98 Å². The van der Waals surface area contributed by atoms with E-state index < -0.39 is 0 Å². The molecule has 0 spiro atoms. The van der Waals surface area contributed by atoms with Gasteiger partial charge in [0.25, 0.3) is 0 Å². The third kappa shape index (κ3) is 4.97. The molecule has 2 heterocycles. The zero-order chi connectivity index (χ0) is 22.5. The monoisotopic (exact) mass is 448 g/mol. The van der Waals surface area contributed by atoms with Gasteiger partial charge in [0.2, 0.25) is 11.0 Å². The molecule has 0 atom stereocenters. The van der Waals surface area contributed by atoms with Crippen molar-refractivity contribution >= 4 is 23.1 Å². The largest absolute Gasteiger partial charge is 0.497 e. The van der Waals surface area contributed by atoms with E-state index in [2.05, 4.69) is 10.4 Å². The maximum atomic E-state index is 12.6. The Labute approximate surface area is 190 Å². The molecule has 2 aromatic heterocycles. The van der Waals surface area contributed by atoms with Crippen LogP contribution in [0, 0.1) is 6.92 Å². The number of benzene rings is 2. The average molecular weight is 449 g/mol. The third-order valence-electron chi connectivity index (χ3n) is 4.76. The number of thiazole rings is 1. The lowest BCUT2D eigenvalue weighted by molar-refractivity contribution is -0.115. The van der Waals surface area contributed by atoms with Crippen LogP contribution in [-0.4, -0.2) is 34.4 Å². The molecular formula is C24H24N4O3S. The summed E-state index contributed by atoms with van der Waals surface area (Å²) in [5.74, 6) is 2.06. The molecule has 4 aromatic rings. The van der Waals surface area contributed by atoms with Gasteiger partial charge in [0, 0.05) is 17.0 Å². The number of nitrogens with one attached hydrogen (secondary N) is 1. The average Bonchev–Trinajstić information content (AvgIpc) is 3.41. The van der Waals surface area contributed by atoms with E-state index in [0.717, 1.165) is 34.0 Å². The summed E-state index contributed by atoms with van der Waals surface area (Å²) >= 11 is 1.47. The molecule has 0 bridgehead atoms. The summed E-state index contributed by atoms with van der Waals surface area (Å²) in [6.45, 7) is 4.47. The maximum Gasteiger partial charge on any atom is 0.229 e. The zero-order valence-electron chi connectivity index (χ0n) is 18.2. The molecule has 0 saturated carbocycles. The van der Waals surface area contributed by atoms with Gasteiger partial charge in [0.15, 0.2) is 0 Å². The van der Waals surface area contributed by atoms with Gasteiger partial charge < -0.3 is 14.8 Å². The van der Waals surface area contributed by atoms with Crippen molar-refractivity contribution in [1.82, 2.24) is 14.8 Å². The van der Waals surface area contributed by atoms with Gasteiger partial charge >= 0.3 is 0 Å². The van der Waals surface area contributed by atoms with Crippen LogP contribution in [0.25, 0.3) is 16.4 Å². The number of hydrogen-bond donors (Lipinski definition) is 1. The molecule has 0 saturated heterocycles. The molecule has 4 rings (SSSR count). The van der Waals surface area contributed by atoms with E-state index in [0.29, 0.717) is 17.6 Å². The number of anilines is 1. The lowest BCUT2D eigenvalue weighted by Gasteiger charge is -2.07. The van der Waals surface area contributed by atoms with E-state index >= 15 is 0 Å². The second-order valence-electron chi connectivity index (χ2n) is 7.13. The number of aromatic nitrogens is 3. The van der Waals surface area contributed by atoms with Crippen molar-refractivity contribution in [3.8, 4) is 27.9 Å². The van der Waals surface area contributed by atoms with Crippen LogP contribution in [-0.2, 0) is 11.2 Å². The van der Waals surface area contributed by atoms with E-state index in [1.54, 1.807) is 11.8 Å². The maximum absolute atomic E-state index is 12.6. The molecular weight excluding hydrogens is 424 g/mol. The van der Waals surface area contributed by atoms with Crippen molar-refractivity contribution in [2.45, 2.75) is 20.3 Å². The van der Waals surface area contributed by atoms with Crippen molar-refractivity contribution in [2.75, 3.05) is 19.0 Å². The number of aryl methyl sites for hydroxylation is 1. The van der Waals surface area contributed by atoms with Crippen LogP contribution in [0.15, 0.2) is 60.0 Å². The number of amides is 1. The third-order valence-corrected chi connectivity index (χ3v) is 5.57. The first-order chi connectivity index (χ1) is 15.6. The van der Waals surface area contributed by atoms with Gasteiger partial charge in [-0.15, -0.1) is 11.3 Å². The Morgan fingerprint density at radius 1 is 1.09 bits per heavy atom. The molecule has 0 aliphatic carbocycles. The number of ether oxygens (including phenoxy) is 2. The predicted octanol–water partition coefficient (Wildman–Crippen LogP) is 4.89. The zero-order valence-corrected chi connectivity index (χ0v) is 19.0. The highest BCUT2D eigenvalue weighted by Crippen LogP contribution is 2.27. The molecule has 0 unspecified atom stereocenters. The van der Waals surface area contributed by atoms with Crippen molar-refractivity contribution < 1.29 is 14.3 Å². The first-order valence-corrected chi connectivity index (χ1v) is 11.1. The van der Waals surface area contributed by atoms with Crippen LogP contribution < -0.4 is 14.8 Å². The fourth-order valence-corrected chi connectivity index (χ4v) is 4.03. The second-order valence-corrected chi connectivity index (χ2v) is 7.97. The van der Waals surface area contributed by atoms with Crippen molar-refractivity contribution in [3.05, 3.63) is 71.2 Å². The summed E-state index contributed by atoms with van der Waals surface area (Å²) in [7, 11) is 1.62. The van der Waals surface area contributed by atoms with E-state index in [1.807, 2.05) is 73.8 Å². The first kappa shape index (κ1) is 21.6. The lowest BCUT2D eigenvalue weighted by Crippen LogP contribution is -2.17. The summed E-state index contributed by atoms with van der Waals surface area (Å²) in [6, 6.07) is 17.1. The summed E-state index contributed by atoms with van der Waals surface area (Å²) in [5.41, 5.74) is 3.53. The van der Waals surface area contributed by atoms with Gasteiger partial charge in [-0.2, -0.15) is 9.78 Å². The SMILES string of the molecule is CCOc1ccc(-c2csc(-n3nc(C)cc3NC(=O)Cc3ccc(OC)cc3)n2)cc1. The van der Waals surface area contributed by atoms with Gasteiger partial charge in [-0.05, 0) is 55.8 Å². The van der Waals surface area contributed by atoms with E-state index in [4.69, 9.17) is 14.5 Å². The Bertz CT molecular complexity index is 1200. The number of carbonyl (C=O) groups excluding carboxylic acids is 1. The Morgan fingerprint density at radius 3 is 2.50 bits per heavy atom. The van der Waals surface area contributed by atoms with E-state index in [-0.39, 0.29) is 12.3 Å². The van der Waals surface area contributed by atoms with Crippen LogP contribution >= 0.6 is 11.3 Å². The Balaban J connectivity index is 1.50. The molecule has 0 aliphatic heterocycles. The quantitative estimate of drug-likeness (QED) is 0.415. The molecule has 2 aromatic carbocycles. The molecule has 1 N–H and O–H groups in total. The first-order valence-electron chi connectivity index (χ1n) is 10.2. The molecule has 1 amide bonds. The van der Waals surface area contributed by atoms with E-state index in [9.17, 15) is 4.79 Å². The smallest absolute Gasteiger partial charge is 0.229 e. The van der Waals surface area contributed by atoms with Crippen LogP contribution in [0.1, 0.15) is 18.2 Å². The molecule has 0 fully saturated rings. The van der Waals surface area contributed by atoms with Crippen LogP contribution in [0.4, 0.5) is 5.82 Å². The standard InChI is InChI=1S/C24H24N4O3S/c1-4-31-20-11-7-18(8-12-20)21-15-32-24(25-21)28-22(13-16(2)27-28)26-23(29)14-17-5-9-19(30-3)10-6-17/h5-13,15H,4,14H2,1-3H3,(H,26,29). The summed E-state index contributed by atoms with van der Waals surface area (Å²) < 4.78 is 12.3. The minimum absolute atomic E-state index is 0.125. The highest BCUT2D eigenvalue weighted by molar-refractivity contribution is 7.12. The minimum atomic E-state index is -0.125. The van der Waals surface area contributed by atoms with Crippen molar-refractivity contribution in [1.29, 1.82) is 0 Å². The van der Waals surface area contributed by atoms with Gasteiger partial charge in [-0.3, -0.25) is 4.79 Å². The fourth-order valence-electron chi connectivity index (χ4n) is 3.23. The number of hydrogen-bond acceptors (Lipinski definition) is 6. The van der Waals surface area contributed by atoms with Gasteiger partial charge in [-0.1, -0.05) is 12.1 Å². The van der Waals surface area contributed by atoms with Crippen molar-refractivity contribution in [2.24, 2.45) is 0 Å². The topological polar surface area (TPSA) is 78.3 Å². The van der Waals surface area contributed by atoms with Crippen LogP contribution in [0.2, 0.25) is 0 Å². The van der Waals surface area contributed by atoms with E-state index in [1.165, 1.54) is 11.3 Å². The lowest BCUT2D eigenvalue weighted by atomic mass is 10.1. The summed E-state index contributed by atoms with van der Waals surface area (Å²) in [4.78, 5) is 17.4. The Morgan fingerprint density at radius 2 is 1.81 bits per heavy atom. The van der Waals surface area contributed by atoms with Crippen LogP contribution in [0.3, 0.4) is 0 Å².